The summed E-state index contributed by atoms with van der Waals surface area (Å²) in [6.07, 6.45) is 0.624. The van der Waals surface area contributed by atoms with Gasteiger partial charge in [-0.15, -0.1) is 0 Å². The van der Waals surface area contributed by atoms with Crippen molar-refractivity contribution in [2.24, 2.45) is 5.92 Å². The number of rotatable bonds is 7. The molecule has 0 heterocycles. The lowest BCUT2D eigenvalue weighted by molar-refractivity contribution is -0.119. The average molecular weight is 297 g/mol. The van der Waals surface area contributed by atoms with Crippen LogP contribution in [0, 0.1) is 5.92 Å². The molecule has 4 nitrogen and oxygen atoms in total. The van der Waals surface area contributed by atoms with E-state index in [9.17, 15) is 13.2 Å². The van der Waals surface area contributed by atoms with Crippen molar-refractivity contribution < 1.29 is 13.2 Å². The van der Waals surface area contributed by atoms with Crippen LogP contribution in [0.15, 0.2) is 29.2 Å². The number of sulfonamides is 1. The first-order valence-corrected chi connectivity index (χ1v) is 8.32. The Balaban J connectivity index is 3.02. The van der Waals surface area contributed by atoms with E-state index in [0.29, 0.717) is 12.0 Å². The summed E-state index contributed by atoms with van der Waals surface area (Å²) in [6, 6.07) is 6.49. The molecule has 0 aromatic heterocycles. The zero-order valence-corrected chi connectivity index (χ0v) is 13.3. The fourth-order valence-electron chi connectivity index (χ4n) is 2.03. The van der Waals surface area contributed by atoms with Gasteiger partial charge in [-0.05, 0) is 31.4 Å². The SMILES string of the molecule is CC(C)CC(=O)Cc1ccccc1S(=O)(=O)NC(C)C. The van der Waals surface area contributed by atoms with Crippen molar-refractivity contribution in [1.82, 2.24) is 4.72 Å². The maximum Gasteiger partial charge on any atom is 0.241 e. The number of carbonyl (C=O) groups is 1. The molecule has 0 saturated heterocycles. The van der Waals surface area contributed by atoms with Crippen LogP contribution in [0.2, 0.25) is 0 Å². The van der Waals surface area contributed by atoms with E-state index in [0.717, 1.165) is 0 Å². The lowest BCUT2D eigenvalue weighted by atomic mass is 10.0. The Hall–Kier alpha value is -1.20. The van der Waals surface area contributed by atoms with Crippen molar-refractivity contribution in [1.29, 1.82) is 0 Å². The molecule has 1 aromatic rings. The summed E-state index contributed by atoms with van der Waals surface area (Å²) in [4.78, 5) is 12.1. The second kappa shape index (κ2) is 6.99. The second-order valence-corrected chi connectivity index (χ2v) is 7.38. The van der Waals surface area contributed by atoms with Gasteiger partial charge in [0.1, 0.15) is 5.78 Å². The number of ketones is 1. The zero-order chi connectivity index (χ0) is 15.3. The molecular weight excluding hydrogens is 274 g/mol. The Morgan fingerprint density at radius 2 is 1.75 bits per heavy atom. The molecule has 0 spiro atoms. The first-order valence-electron chi connectivity index (χ1n) is 6.84. The molecule has 0 saturated carbocycles. The molecule has 0 aliphatic heterocycles. The lowest BCUT2D eigenvalue weighted by Crippen LogP contribution is -2.31. The molecule has 0 bridgehead atoms. The minimum atomic E-state index is -3.57. The zero-order valence-electron chi connectivity index (χ0n) is 12.5. The van der Waals surface area contributed by atoms with Gasteiger partial charge in [0.05, 0.1) is 4.90 Å². The topological polar surface area (TPSA) is 63.2 Å². The normalized spacial score (nSPS) is 12.1. The largest absolute Gasteiger partial charge is 0.299 e. The third-order valence-corrected chi connectivity index (χ3v) is 4.44. The molecule has 0 atom stereocenters. The number of hydrogen-bond acceptors (Lipinski definition) is 3. The maximum absolute atomic E-state index is 12.2. The number of nitrogens with one attached hydrogen (secondary N) is 1. The van der Waals surface area contributed by atoms with Gasteiger partial charge in [0.15, 0.2) is 0 Å². The fraction of sp³-hybridized carbons (Fsp3) is 0.533. The Labute approximate surface area is 121 Å². The van der Waals surface area contributed by atoms with Gasteiger partial charge in [-0.2, -0.15) is 0 Å². The first kappa shape index (κ1) is 16.9. The van der Waals surface area contributed by atoms with Crippen LogP contribution in [-0.2, 0) is 21.2 Å². The maximum atomic E-state index is 12.2. The lowest BCUT2D eigenvalue weighted by Gasteiger charge is -2.13. The smallest absolute Gasteiger partial charge is 0.241 e. The van der Waals surface area contributed by atoms with Gasteiger partial charge in [0, 0.05) is 18.9 Å². The quantitative estimate of drug-likeness (QED) is 0.841. The van der Waals surface area contributed by atoms with Gasteiger partial charge in [-0.3, -0.25) is 4.79 Å². The molecule has 0 radical (unpaired) electrons. The number of benzene rings is 1. The summed E-state index contributed by atoms with van der Waals surface area (Å²) in [7, 11) is -3.57. The molecule has 1 aromatic carbocycles. The molecule has 0 aliphatic rings. The predicted octanol–water partition coefficient (Wildman–Crippen LogP) is 2.53. The highest BCUT2D eigenvalue weighted by Crippen LogP contribution is 2.18. The van der Waals surface area contributed by atoms with Crippen LogP contribution in [-0.4, -0.2) is 20.2 Å². The van der Waals surface area contributed by atoms with Crippen molar-refractivity contribution in [3.63, 3.8) is 0 Å². The molecule has 1 N–H and O–H groups in total. The van der Waals surface area contributed by atoms with Crippen molar-refractivity contribution in [2.45, 2.75) is 51.5 Å². The minimum Gasteiger partial charge on any atom is -0.299 e. The van der Waals surface area contributed by atoms with E-state index in [2.05, 4.69) is 4.72 Å². The molecule has 0 amide bonds. The summed E-state index contributed by atoms with van der Waals surface area (Å²) in [5.41, 5.74) is 0.561. The van der Waals surface area contributed by atoms with Crippen molar-refractivity contribution in [3.05, 3.63) is 29.8 Å². The number of carbonyl (C=O) groups excluding carboxylic acids is 1. The second-order valence-electron chi connectivity index (χ2n) is 5.70. The molecule has 0 fully saturated rings. The standard InChI is InChI=1S/C15H23NO3S/c1-11(2)9-14(17)10-13-7-5-6-8-15(13)20(18,19)16-12(3)4/h5-8,11-12,16H,9-10H2,1-4H3. The van der Waals surface area contributed by atoms with Gasteiger partial charge in [0.2, 0.25) is 10.0 Å². The van der Waals surface area contributed by atoms with E-state index in [1.54, 1.807) is 38.1 Å². The van der Waals surface area contributed by atoms with Crippen LogP contribution >= 0.6 is 0 Å². The van der Waals surface area contributed by atoms with Crippen LogP contribution in [0.1, 0.15) is 39.7 Å². The highest BCUT2D eigenvalue weighted by atomic mass is 32.2. The van der Waals surface area contributed by atoms with Crippen LogP contribution in [0.3, 0.4) is 0 Å². The van der Waals surface area contributed by atoms with E-state index in [1.807, 2.05) is 13.8 Å². The summed E-state index contributed by atoms with van der Waals surface area (Å²) in [5, 5.41) is 0. The minimum absolute atomic E-state index is 0.0622. The fourth-order valence-corrected chi connectivity index (χ4v) is 3.52. The Bertz CT molecular complexity index is 562. The highest BCUT2D eigenvalue weighted by Gasteiger charge is 2.20. The van der Waals surface area contributed by atoms with E-state index < -0.39 is 10.0 Å². The van der Waals surface area contributed by atoms with Gasteiger partial charge in [-0.25, -0.2) is 13.1 Å². The average Bonchev–Trinajstić information content (AvgIpc) is 2.26. The summed E-state index contributed by atoms with van der Waals surface area (Å²) in [5.74, 6) is 0.340. The third kappa shape index (κ3) is 5.06. The van der Waals surface area contributed by atoms with E-state index in [-0.39, 0.29) is 29.1 Å². The first-order chi connectivity index (χ1) is 9.22. The summed E-state index contributed by atoms with van der Waals surface area (Å²) < 4.78 is 27.0. The van der Waals surface area contributed by atoms with Crippen LogP contribution in [0.25, 0.3) is 0 Å². The van der Waals surface area contributed by atoms with Gasteiger partial charge in [0.25, 0.3) is 0 Å². The van der Waals surface area contributed by atoms with Crippen molar-refractivity contribution in [3.8, 4) is 0 Å². The molecule has 1 rings (SSSR count). The van der Waals surface area contributed by atoms with Crippen molar-refractivity contribution >= 4 is 15.8 Å². The Morgan fingerprint density at radius 1 is 1.15 bits per heavy atom. The number of Topliss-reactive ketones (excluding diaryl/α,β-unsaturated/α-hetero) is 1. The van der Waals surface area contributed by atoms with Gasteiger partial charge >= 0.3 is 0 Å². The molecule has 0 aliphatic carbocycles. The molecule has 0 unspecified atom stereocenters. The Kier molecular flexibility index (Phi) is 5.89. The van der Waals surface area contributed by atoms with Gasteiger partial charge < -0.3 is 0 Å². The molecular formula is C15H23NO3S. The van der Waals surface area contributed by atoms with Crippen LogP contribution in [0.4, 0.5) is 0 Å². The van der Waals surface area contributed by atoms with Crippen molar-refractivity contribution in [2.75, 3.05) is 0 Å². The summed E-state index contributed by atoms with van der Waals surface area (Å²) >= 11 is 0. The summed E-state index contributed by atoms with van der Waals surface area (Å²) in [6.45, 7) is 7.48. The molecule has 5 heteroatoms. The van der Waals surface area contributed by atoms with Crippen LogP contribution in [0.5, 0.6) is 0 Å². The van der Waals surface area contributed by atoms with E-state index in [1.165, 1.54) is 0 Å². The van der Waals surface area contributed by atoms with E-state index >= 15 is 0 Å². The molecule has 112 valence electrons. The molecule has 20 heavy (non-hydrogen) atoms. The Morgan fingerprint density at radius 3 is 2.30 bits per heavy atom. The van der Waals surface area contributed by atoms with Crippen LogP contribution < -0.4 is 4.72 Å². The third-order valence-electron chi connectivity index (χ3n) is 2.68. The van der Waals surface area contributed by atoms with Gasteiger partial charge in [-0.1, -0.05) is 32.0 Å². The monoisotopic (exact) mass is 297 g/mol. The highest BCUT2D eigenvalue weighted by molar-refractivity contribution is 7.89. The number of hydrogen-bond donors (Lipinski definition) is 1. The predicted molar refractivity (Wildman–Crippen MR) is 80.1 cm³/mol. The van der Waals surface area contributed by atoms with E-state index in [4.69, 9.17) is 0 Å².